The molecule has 0 spiro atoms. The summed E-state index contributed by atoms with van der Waals surface area (Å²) in [5.74, 6) is 0.770. The molecule has 4 aliphatic heterocycles. The van der Waals surface area contributed by atoms with Gasteiger partial charge in [-0.2, -0.15) is 15.2 Å². The number of nitriles is 1. The Balaban J connectivity index is 1.20. The van der Waals surface area contributed by atoms with E-state index in [2.05, 4.69) is 27.8 Å². The maximum atomic E-state index is 17.1. The summed E-state index contributed by atoms with van der Waals surface area (Å²) in [6.07, 6.45) is 7.77. The molecular weight excluding hydrogens is 621 g/mol. The zero-order chi connectivity index (χ0) is 31.4. The molecule has 0 radical (unpaired) electrons. The van der Waals surface area contributed by atoms with Gasteiger partial charge in [-0.25, -0.2) is 4.39 Å². The number of ether oxygens (including phenoxy) is 1. The van der Waals surface area contributed by atoms with E-state index in [0.717, 1.165) is 63.0 Å². The summed E-state index contributed by atoms with van der Waals surface area (Å²) >= 11 is 8.30. The second kappa shape index (κ2) is 10.3. The number of nitrogen functional groups attached to an aromatic ring is 1. The molecule has 5 aliphatic rings. The molecule has 11 heteroatoms. The number of hydrogen-bond acceptors (Lipinski definition) is 9. The van der Waals surface area contributed by atoms with E-state index in [1.165, 1.54) is 29.8 Å². The summed E-state index contributed by atoms with van der Waals surface area (Å²) in [7, 11) is 0. The third-order valence-electron chi connectivity index (χ3n) is 11.2. The normalized spacial score (nSPS) is 27.5. The largest absolute Gasteiger partial charge is 0.461 e. The monoisotopic (exact) mass is 655 g/mol. The van der Waals surface area contributed by atoms with E-state index in [0.29, 0.717) is 51.3 Å². The predicted octanol–water partition coefficient (Wildman–Crippen LogP) is 6.65. The van der Waals surface area contributed by atoms with E-state index in [9.17, 15) is 5.26 Å². The topological polar surface area (TPSA) is 103 Å². The van der Waals surface area contributed by atoms with Crippen LogP contribution in [0.25, 0.3) is 32.1 Å². The number of fused-ring (bicyclic) bond motifs is 5. The Kier molecular flexibility index (Phi) is 6.40. The second-order valence-electron chi connectivity index (χ2n) is 14.1. The van der Waals surface area contributed by atoms with Crippen molar-refractivity contribution >= 4 is 54.7 Å². The van der Waals surface area contributed by atoms with Crippen LogP contribution in [0.2, 0.25) is 5.02 Å². The molecule has 8 nitrogen and oxygen atoms in total. The van der Waals surface area contributed by atoms with Crippen molar-refractivity contribution in [2.45, 2.75) is 62.1 Å². The average Bonchev–Trinajstić information content (AvgIpc) is 3.54. The van der Waals surface area contributed by atoms with Gasteiger partial charge in [0.1, 0.15) is 29.0 Å². The van der Waals surface area contributed by atoms with E-state index in [-0.39, 0.29) is 33.2 Å². The summed E-state index contributed by atoms with van der Waals surface area (Å²) in [4.78, 5) is 14.6. The summed E-state index contributed by atoms with van der Waals surface area (Å²) in [5, 5.41) is 15.7. The molecule has 2 aromatic carbocycles. The van der Waals surface area contributed by atoms with E-state index < -0.39 is 5.82 Å². The molecule has 4 saturated heterocycles. The van der Waals surface area contributed by atoms with Crippen molar-refractivity contribution in [1.29, 1.82) is 5.26 Å². The third-order valence-corrected chi connectivity index (χ3v) is 12.5. The lowest BCUT2D eigenvalue weighted by Gasteiger charge is -2.42. The van der Waals surface area contributed by atoms with Gasteiger partial charge in [0.15, 0.2) is 5.82 Å². The summed E-state index contributed by atoms with van der Waals surface area (Å²) < 4.78 is 24.4. The lowest BCUT2D eigenvalue weighted by molar-refractivity contribution is 0.108. The number of nitrogens with two attached hydrogens (primary N) is 1. The Labute approximate surface area is 276 Å². The molecule has 6 heterocycles. The van der Waals surface area contributed by atoms with Gasteiger partial charge in [-0.3, -0.25) is 4.90 Å². The number of rotatable bonds is 6. The second-order valence-corrected chi connectivity index (χ2v) is 15.6. The first kappa shape index (κ1) is 28.7. The van der Waals surface area contributed by atoms with Crippen molar-refractivity contribution in [2.24, 2.45) is 5.92 Å². The fourth-order valence-electron chi connectivity index (χ4n) is 9.01. The van der Waals surface area contributed by atoms with Crippen LogP contribution in [-0.4, -0.2) is 64.8 Å². The van der Waals surface area contributed by atoms with Gasteiger partial charge >= 0.3 is 6.01 Å². The van der Waals surface area contributed by atoms with Gasteiger partial charge in [0.05, 0.1) is 16.1 Å². The van der Waals surface area contributed by atoms with Crippen LogP contribution in [0.1, 0.15) is 50.5 Å². The van der Waals surface area contributed by atoms with E-state index in [1.807, 2.05) is 12.1 Å². The minimum atomic E-state index is -0.554. The molecule has 2 aromatic heterocycles. The Morgan fingerprint density at radius 1 is 1.26 bits per heavy atom. The Morgan fingerprint density at radius 3 is 2.96 bits per heavy atom. The minimum Gasteiger partial charge on any atom is -0.461 e. The average molecular weight is 656 g/mol. The number of anilines is 2. The first-order valence-electron chi connectivity index (χ1n) is 16.3. The molecule has 4 aromatic rings. The van der Waals surface area contributed by atoms with Gasteiger partial charge in [-0.1, -0.05) is 35.9 Å². The van der Waals surface area contributed by atoms with Crippen LogP contribution in [-0.2, 0) is 0 Å². The number of thiophene rings is 1. The first-order valence-corrected chi connectivity index (χ1v) is 17.5. The highest BCUT2D eigenvalue weighted by Gasteiger charge is 2.53. The Morgan fingerprint density at radius 2 is 2.13 bits per heavy atom. The van der Waals surface area contributed by atoms with Crippen LogP contribution in [0, 0.1) is 23.1 Å². The molecule has 3 atom stereocenters. The molecule has 9 rings (SSSR count). The number of aromatic nitrogens is 2. The van der Waals surface area contributed by atoms with Crippen molar-refractivity contribution in [3.8, 4) is 23.2 Å². The smallest absolute Gasteiger partial charge is 0.319 e. The molecule has 2 bridgehead atoms. The van der Waals surface area contributed by atoms with Crippen molar-refractivity contribution in [1.82, 2.24) is 20.2 Å². The molecular formula is C35H35ClFN7OS. The highest BCUT2D eigenvalue weighted by atomic mass is 35.5. The number of halogens is 2. The zero-order valence-electron chi connectivity index (χ0n) is 25.5. The van der Waals surface area contributed by atoms with Crippen LogP contribution < -0.4 is 20.7 Å². The lowest BCUT2D eigenvalue weighted by atomic mass is 9.90. The van der Waals surface area contributed by atoms with Gasteiger partial charge in [0.25, 0.3) is 0 Å². The molecule has 1 saturated carbocycles. The van der Waals surface area contributed by atoms with Crippen molar-refractivity contribution in [3.63, 3.8) is 0 Å². The Bertz CT molecular complexity index is 2000. The molecule has 3 N–H and O–H groups in total. The van der Waals surface area contributed by atoms with Crippen LogP contribution >= 0.6 is 22.9 Å². The van der Waals surface area contributed by atoms with Gasteiger partial charge in [-0.05, 0) is 75.1 Å². The van der Waals surface area contributed by atoms with E-state index in [1.54, 1.807) is 12.1 Å². The molecule has 0 unspecified atom stereocenters. The quantitative estimate of drug-likeness (QED) is 0.223. The van der Waals surface area contributed by atoms with E-state index >= 15 is 4.39 Å². The standard InChI is InChI=1S/C35H35ClFN7OS/c1-19-13-34(9-3-11-44(34)15-19)18-45-33-40-30-23(32(41-33)43-16-21-8-10-35(17-43,42-21)20-6-7-20)12-25(36)28(29(30)37)22-4-2-5-26-27(22)24(14-38)31(39)46-26/h2,4-5,12,20-21,42H,1,3,6-11,13,15-18,39H2/t21-,34-,35+/m0/s1. The maximum absolute atomic E-state index is 17.1. The summed E-state index contributed by atoms with van der Waals surface area (Å²) in [6.45, 7) is 8.18. The number of nitrogens with one attached hydrogen (secondary N) is 1. The molecule has 46 heavy (non-hydrogen) atoms. The highest BCUT2D eigenvalue weighted by Crippen LogP contribution is 2.50. The summed E-state index contributed by atoms with van der Waals surface area (Å²) in [5.41, 5.74) is 8.58. The molecule has 5 fully saturated rings. The van der Waals surface area contributed by atoms with Crippen LogP contribution in [0.15, 0.2) is 36.4 Å². The molecule has 1 aliphatic carbocycles. The zero-order valence-corrected chi connectivity index (χ0v) is 27.1. The lowest BCUT2D eigenvalue weighted by Crippen LogP contribution is -2.61. The van der Waals surface area contributed by atoms with Crippen molar-refractivity contribution in [2.75, 3.05) is 43.4 Å². The van der Waals surface area contributed by atoms with Crippen molar-refractivity contribution in [3.05, 3.63) is 52.8 Å². The number of benzene rings is 2. The fraction of sp³-hybridized carbons (Fsp3) is 0.457. The number of nitrogens with zero attached hydrogens (tertiary/aromatic N) is 5. The van der Waals surface area contributed by atoms with E-state index in [4.69, 9.17) is 32.0 Å². The summed E-state index contributed by atoms with van der Waals surface area (Å²) in [6, 6.07) is 10.0. The molecule has 0 amide bonds. The van der Waals surface area contributed by atoms with Gasteiger partial charge in [0, 0.05) is 52.3 Å². The fourth-order valence-corrected chi connectivity index (χ4v) is 10.2. The highest BCUT2D eigenvalue weighted by molar-refractivity contribution is 7.23. The minimum absolute atomic E-state index is 0.0548. The predicted molar refractivity (Wildman–Crippen MR) is 181 cm³/mol. The third kappa shape index (κ3) is 4.28. The first-order chi connectivity index (χ1) is 22.3. The number of piperazine rings is 1. The van der Waals surface area contributed by atoms with Crippen molar-refractivity contribution < 1.29 is 9.13 Å². The Hall–Kier alpha value is -3.49. The van der Waals surface area contributed by atoms with Gasteiger partial charge < -0.3 is 20.7 Å². The number of hydrogen-bond donors (Lipinski definition) is 2. The van der Waals surface area contributed by atoms with Crippen LogP contribution in [0.4, 0.5) is 15.2 Å². The van der Waals surface area contributed by atoms with Gasteiger partial charge in [-0.15, -0.1) is 11.3 Å². The van der Waals surface area contributed by atoms with Gasteiger partial charge in [0.2, 0.25) is 0 Å². The maximum Gasteiger partial charge on any atom is 0.319 e. The molecule has 236 valence electrons. The SMILES string of the molecule is C=C1CN2CCC[C@@]2(COc2nc(N3C[C@@H]4CC[C@](C5CC5)(C3)N4)c3cc(Cl)c(-c4cccc5sc(N)c(C#N)c45)c(F)c3n2)C1. The van der Waals surface area contributed by atoms with Crippen LogP contribution in [0.3, 0.4) is 0 Å². The van der Waals surface area contributed by atoms with Crippen LogP contribution in [0.5, 0.6) is 6.01 Å².